The average Bonchev–Trinajstić information content (AvgIpc) is 3.06. The van der Waals surface area contributed by atoms with Crippen LogP contribution in [-0.4, -0.2) is 30.6 Å². The third-order valence-corrected chi connectivity index (χ3v) is 4.04. The highest BCUT2D eigenvalue weighted by atomic mass is 32.1. The van der Waals surface area contributed by atoms with E-state index in [2.05, 4.69) is 4.98 Å². The van der Waals surface area contributed by atoms with Gasteiger partial charge in [0.25, 0.3) is 0 Å². The van der Waals surface area contributed by atoms with E-state index < -0.39 is 5.97 Å². The van der Waals surface area contributed by atoms with Crippen LogP contribution in [0.15, 0.2) is 29.6 Å². The van der Waals surface area contributed by atoms with Gasteiger partial charge in [-0.1, -0.05) is 6.92 Å². The molecule has 0 aliphatic heterocycles. The van der Waals surface area contributed by atoms with Crippen molar-refractivity contribution < 1.29 is 19.1 Å². The number of carbonyl (C=O) groups is 2. The number of nitrogens with zero attached hydrogens (tertiary/aromatic N) is 2. The number of hydrogen-bond acceptors (Lipinski definition) is 6. The molecule has 0 saturated carbocycles. The number of esters is 1. The van der Waals surface area contributed by atoms with Crippen molar-refractivity contribution in [3.63, 3.8) is 0 Å². The summed E-state index contributed by atoms with van der Waals surface area (Å²) >= 11 is 1.23. The van der Waals surface area contributed by atoms with Gasteiger partial charge >= 0.3 is 5.97 Å². The van der Waals surface area contributed by atoms with Crippen LogP contribution in [-0.2, 0) is 9.53 Å². The molecular weight excluding hydrogens is 328 g/mol. The monoisotopic (exact) mass is 348 g/mol. The van der Waals surface area contributed by atoms with E-state index in [9.17, 15) is 9.59 Å². The molecular formula is C17H20N2O4S. The zero-order valence-electron chi connectivity index (χ0n) is 13.9. The van der Waals surface area contributed by atoms with Crippen LogP contribution in [0.3, 0.4) is 0 Å². The van der Waals surface area contributed by atoms with Crippen molar-refractivity contribution in [2.24, 2.45) is 0 Å². The van der Waals surface area contributed by atoms with E-state index >= 15 is 0 Å². The molecule has 128 valence electrons. The molecule has 0 aliphatic carbocycles. The third kappa shape index (κ3) is 4.11. The van der Waals surface area contributed by atoms with Gasteiger partial charge in [-0.2, -0.15) is 0 Å². The molecule has 1 aromatic carbocycles. The Morgan fingerprint density at radius 1 is 1.21 bits per heavy atom. The van der Waals surface area contributed by atoms with Gasteiger partial charge < -0.3 is 9.47 Å². The van der Waals surface area contributed by atoms with Gasteiger partial charge in [0, 0.05) is 11.8 Å². The summed E-state index contributed by atoms with van der Waals surface area (Å²) in [5.74, 6) is 0.137. The first kappa shape index (κ1) is 17.9. The van der Waals surface area contributed by atoms with Crippen LogP contribution in [0.5, 0.6) is 5.75 Å². The Hall–Kier alpha value is -2.41. The molecule has 2 aromatic rings. The van der Waals surface area contributed by atoms with Gasteiger partial charge in [0.2, 0.25) is 5.91 Å². The second-order valence-corrected chi connectivity index (χ2v) is 5.75. The summed E-state index contributed by atoms with van der Waals surface area (Å²) in [5, 5.41) is 2.05. The highest BCUT2D eigenvalue weighted by Gasteiger charge is 2.22. The lowest BCUT2D eigenvalue weighted by molar-refractivity contribution is -0.117. The number of amides is 1. The number of thiazole rings is 1. The van der Waals surface area contributed by atoms with Crippen LogP contribution in [0.25, 0.3) is 0 Å². The second-order valence-electron chi connectivity index (χ2n) is 4.91. The van der Waals surface area contributed by atoms with E-state index in [0.29, 0.717) is 23.0 Å². The average molecular weight is 348 g/mol. The lowest BCUT2D eigenvalue weighted by Crippen LogP contribution is -2.25. The van der Waals surface area contributed by atoms with Crippen LogP contribution in [0.2, 0.25) is 0 Å². The first-order valence-electron chi connectivity index (χ1n) is 7.70. The minimum Gasteiger partial charge on any atom is -0.497 e. The van der Waals surface area contributed by atoms with Gasteiger partial charge in [0.05, 0.1) is 19.4 Å². The molecule has 0 bridgehead atoms. The van der Waals surface area contributed by atoms with E-state index in [-0.39, 0.29) is 18.2 Å². The predicted octanol–water partition coefficient (Wildman–Crippen LogP) is 3.79. The largest absolute Gasteiger partial charge is 0.497 e. The number of ether oxygens (including phenoxy) is 2. The highest BCUT2D eigenvalue weighted by Crippen LogP contribution is 2.31. The maximum Gasteiger partial charge on any atom is 0.357 e. The summed E-state index contributed by atoms with van der Waals surface area (Å²) in [4.78, 5) is 30.1. The lowest BCUT2D eigenvalue weighted by Gasteiger charge is -2.20. The predicted molar refractivity (Wildman–Crippen MR) is 93.1 cm³/mol. The SMILES string of the molecule is CCCC(=O)N(c1ccc(OC)cc1)c1nc(C(=O)OCC)cs1. The quantitative estimate of drug-likeness (QED) is 0.712. The van der Waals surface area contributed by atoms with Gasteiger partial charge in [-0.25, -0.2) is 9.78 Å². The second kappa shape index (κ2) is 8.44. The molecule has 0 atom stereocenters. The Morgan fingerprint density at radius 3 is 2.50 bits per heavy atom. The topological polar surface area (TPSA) is 68.7 Å². The number of carbonyl (C=O) groups excluding carboxylic acids is 2. The Labute approximate surface area is 145 Å². The van der Waals surface area contributed by atoms with Gasteiger partial charge in [-0.3, -0.25) is 9.69 Å². The molecule has 0 unspecified atom stereocenters. The van der Waals surface area contributed by atoms with Crippen LogP contribution in [0, 0.1) is 0 Å². The third-order valence-electron chi connectivity index (χ3n) is 3.21. The van der Waals surface area contributed by atoms with E-state index in [0.717, 1.165) is 6.42 Å². The fourth-order valence-electron chi connectivity index (χ4n) is 2.08. The first-order valence-corrected chi connectivity index (χ1v) is 8.58. The molecule has 24 heavy (non-hydrogen) atoms. The smallest absolute Gasteiger partial charge is 0.357 e. The Balaban J connectivity index is 2.35. The molecule has 6 nitrogen and oxygen atoms in total. The molecule has 0 N–H and O–H groups in total. The molecule has 0 radical (unpaired) electrons. The maximum absolute atomic E-state index is 12.5. The van der Waals surface area contributed by atoms with Crippen molar-refractivity contribution in [1.29, 1.82) is 0 Å². The molecule has 7 heteroatoms. The van der Waals surface area contributed by atoms with Gasteiger partial charge in [-0.15, -0.1) is 11.3 Å². The van der Waals surface area contributed by atoms with Crippen LogP contribution < -0.4 is 9.64 Å². The number of aromatic nitrogens is 1. The summed E-state index contributed by atoms with van der Waals surface area (Å²) < 4.78 is 10.1. The molecule has 0 saturated heterocycles. The fourth-order valence-corrected chi connectivity index (χ4v) is 2.91. The van der Waals surface area contributed by atoms with Crippen molar-refractivity contribution >= 4 is 34.0 Å². The van der Waals surface area contributed by atoms with Crippen LogP contribution in [0.1, 0.15) is 37.2 Å². The number of rotatable bonds is 7. The number of anilines is 2. The van der Waals surface area contributed by atoms with E-state index in [1.54, 1.807) is 43.7 Å². The Morgan fingerprint density at radius 2 is 1.92 bits per heavy atom. The van der Waals surface area contributed by atoms with Gasteiger partial charge in [-0.05, 0) is 37.6 Å². The molecule has 1 heterocycles. The van der Waals surface area contributed by atoms with Crippen molar-refractivity contribution in [3.8, 4) is 5.75 Å². The maximum atomic E-state index is 12.5. The number of methoxy groups -OCH3 is 1. The first-order chi connectivity index (χ1) is 11.6. The Kier molecular flexibility index (Phi) is 6.31. The summed E-state index contributed by atoms with van der Waals surface area (Å²) in [5.41, 5.74) is 0.888. The zero-order chi connectivity index (χ0) is 17.5. The fraction of sp³-hybridized carbons (Fsp3) is 0.353. The van der Waals surface area contributed by atoms with Crippen molar-refractivity contribution in [3.05, 3.63) is 35.3 Å². The number of hydrogen-bond donors (Lipinski definition) is 0. The van der Waals surface area contributed by atoms with E-state index in [4.69, 9.17) is 9.47 Å². The summed E-state index contributed by atoms with van der Waals surface area (Å²) in [7, 11) is 1.58. The van der Waals surface area contributed by atoms with Gasteiger partial charge in [0.15, 0.2) is 10.8 Å². The molecule has 2 rings (SSSR count). The summed E-state index contributed by atoms with van der Waals surface area (Å²) in [6, 6.07) is 7.14. The van der Waals surface area contributed by atoms with Crippen molar-refractivity contribution in [2.75, 3.05) is 18.6 Å². The molecule has 1 aromatic heterocycles. The minimum atomic E-state index is -0.488. The molecule has 1 amide bonds. The molecule has 0 fully saturated rings. The zero-order valence-corrected chi connectivity index (χ0v) is 14.8. The van der Waals surface area contributed by atoms with E-state index in [1.165, 1.54) is 16.2 Å². The minimum absolute atomic E-state index is 0.0765. The summed E-state index contributed by atoms with van der Waals surface area (Å²) in [6.45, 7) is 3.96. The lowest BCUT2D eigenvalue weighted by atomic mass is 10.2. The van der Waals surface area contributed by atoms with Crippen LogP contribution in [0.4, 0.5) is 10.8 Å². The molecule has 0 aliphatic rings. The standard InChI is InChI=1S/C17H20N2O4S/c1-4-6-15(20)19(12-7-9-13(22-3)10-8-12)17-18-14(11-24-17)16(21)23-5-2/h7-11H,4-6H2,1-3H3. The highest BCUT2D eigenvalue weighted by molar-refractivity contribution is 7.14. The van der Waals surface area contributed by atoms with Crippen molar-refractivity contribution in [1.82, 2.24) is 4.98 Å². The summed E-state index contributed by atoms with van der Waals surface area (Å²) in [6.07, 6.45) is 1.11. The molecule has 0 spiro atoms. The Bertz CT molecular complexity index is 697. The van der Waals surface area contributed by atoms with Crippen molar-refractivity contribution in [2.45, 2.75) is 26.7 Å². The van der Waals surface area contributed by atoms with Crippen LogP contribution >= 0.6 is 11.3 Å². The normalized spacial score (nSPS) is 10.3. The van der Waals surface area contributed by atoms with Gasteiger partial charge in [0.1, 0.15) is 5.75 Å². The number of benzene rings is 1. The van der Waals surface area contributed by atoms with E-state index in [1.807, 2.05) is 6.92 Å².